The van der Waals surface area contributed by atoms with Crippen molar-refractivity contribution in [3.05, 3.63) is 0 Å². The second-order valence-corrected chi connectivity index (χ2v) is 3.51. The average molecular weight is 254 g/mol. The van der Waals surface area contributed by atoms with E-state index in [1.807, 2.05) is 0 Å². The lowest BCUT2D eigenvalue weighted by atomic mass is 9.83. The van der Waals surface area contributed by atoms with E-state index in [2.05, 4.69) is 27.1 Å². The van der Waals surface area contributed by atoms with E-state index < -0.39 is 0 Å². The van der Waals surface area contributed by atoms with Gasteiger partial charge in [0, 0.05) is 27.1 Å². The van der Waals surface area contributed by atoms with Gasteiger partial charge in [0.1, 0.15) is 0 Å². The highest BCUT2D eigenvalue weighted by Gasteiger charge is 2.28. The number of rotatable bonds is 2. The van der Waals surface area contributed by atoms with E-state index in [0.29, 0.717) is 12.0 Å². The molecule has 0 atom stereocenters. The number of hydrogen-bond acceptors (Lipinski definition) is 2. The SMILES string of the molecule is C#CC1CC(OSI)C1. The zero-order valence-electron chi connectivity index (χ0n) is 4.84. The molecule has 1 aliphatic rings. The molecule has 1 nitrogen and oxygen atoms in total. The molecule has 1 fully saturated rings. The van der Waals surface area contributed by atoms with Crippen LogP contribution in [-0.4, -0.2) is 6.10 Å². The van der Waals surface area contributed by atoms with Crippen LogP contribution in [0.5, 0.6) is 0 Å². The maximum atomic E-state index is 5.22. The summed E-state index contributed by atoms with van der Waals surface area (Å²) in [5, 5.41) is 0. The van der Waals surface area contributed by atoms with Gasteiger partial charge in [-0.1, -0.05) is 0 Å². The molecular weight excluding hydrogens is 247 g/mol. The fraction of sp³-hybridized carbons (Fsp3) is 0.667. The van der Waals surface area contributed by atoms with E-state index in [1.165, 1.54) is 9.21 Å². The van der Waals surface area contributed by atoms with Crippen molar-refractivity contribution in [1.29, 1.82) is 0 Å². The Balaban J connectivity index is 2.06. The highest BCUT2D eigenvalue weighted by Crippen LogP contribution is 2.33. The van der Waals surface area contributed by atoms with E-state index in [9.17, 15) is 0 Å². The van der Waals surface area contributed by atoms with Gasteiger partial charge in [0.15, 0.2) is 0 Å². The molecule has 0 saturated heterocycles. The molecule has 1 saturated carbocycles. The van der Waals surface area contributed by atoms with Crippen LogP contribution in [-0.2, 0) is 4.18 Å². The van der Waals surface area contributed by atoms with E-state index in [0.717, 1.165) is 12.8 Å². The quantitative estimate of drug-likeness (QED) is 0.425. The maximum Gasteiger partial charge on any atom is 0.0755 e. The summed E-state index contributed by atoms with van der Waals surface area (Å²) < 4.78 is 5.22. The summed E-state index contributed by atoms with van der Waals surface area (Å²) in [5.74, 6) is 3.18. The van der Waals surface area contributed by atoms with Crippen molar-refractivity contribution in [2.75, 3.05) is 0 Å². The third kappa shape index (κ3) is 2.03. The average Bonchev–Trinajstić information content (AvgIpc) is 1.77. The third-order valence-electron chi connectivity index (χ3n) is 1.50. The van der Waals surface area contributed by atoms with Crippen LogP contribution < -0.4 is 0 Å². The van der Waals surface area contributed by atoms with Crippen molar-refractivity contribution in [2.45, 2.75) is 18.9 Å². The lowest BCUT2D eigenvalue weighted by molar-refractivity contribution is 0.116. The molecular formula is C6H7IOS. The van der Waals surface area contributed by atoms with E-state index in [1.54, 1.807) is 0 Å². The Morgan fingerprint density at radius 1 is 1.67 bits per heavy atom. The summed E-state index contributed by atoms with van der Waals surface area (Å²) in [7, 11) is 1.40. The van der Waals surface area contributed by atoms with Gasteiger partial charge >= 0.3 is 0 Å². The van der Waals surface area contributed by atoms with Crippen molar-refractivity contribution in [1.82, 2.24) is 0 Å². The van der Waals surface area contributed by atoms with Gasteiger partial charge in [-0.05, 0) is 12.8 Å². The predicted molar refractivity (Wildman–Crippen MR) is 48.0 cm³/mol. The first kappa shape index (κ1) is 7.70. The Kier molecular flexibility index (Phi) is 3.16. The van der Waals surface area contributed by atoms with Gasteiger partial charge in [0.05, 0.1) is 15.3 Å². The minimum atomic E-state index is 0.424. The van der Waals surface area contributed by atoms with Gasteiger partial charge in [0.25, 0.3) is 0 Å². The van der Waals surface area contributed by atoms with Crippen LogP contribution in [0.1, 0.15) is 12.8 Å². The molecule has 9 heavy (non-hydrogen) atoms. The number of terminal acetylenes is 1. The highest BCUT2D eigenvalue weighted by molar-refractivity contribution is 14.2. The summed E-state index contributed by atoms with van der Waals surface area (Å²) in [6, 6.07) is 0. The molecule has 0 heterocycles. The number of halogens is 1. The molecule has 0 bridgehead atoms. The van der Waals surface area contributed by atoms with Crippen molar-refractivity contribution < 1.29 is 4.18 Å². The first-order chi connectivity index (χ1) is 4.36. The van der Waals surface area contributed by atoms with Crippen molar-refractivity contribution in [2.24, 2.45) is 5.92 Å². The monoisotopic (exact) mass is 254 g/mol. The van der Waals surface area contributed by atoms with Crippen molar-refractivity contribution >= 4 is 30.4 Å². The summed E-state index contributed by atoms with van der Waals surface area (Å²) in [6.07, 6.45) is 7.70. The first-order valence-electron chi connectivity index (χ1n) is 2.77. The normalized spacial score (nSPS) is 32.9. The maximum absolute atomic E-state index is 5.22. The summed E-state index contributed by atoms with van der Waals surface area (Å²) >= 11 is 2.12. The summed E-state index contributed by atoms with van der Waals surface area (Å²) in [5.41, 5.74) is 0. The zero-order chi connectivity index (χ0) is 6.69. The standard InChI is InChI=1S/C6H7IOS/c1-2-5-3-6(4-5)8-9-7/h1,5-6H,3-4H2. The molecule has 0 spiro atoms. The molecule has 1 rings (SSSR count). The lowest BCUT2D eigenvalue weighted by Crippen LogP contribution is -2.27. The zero-order valence-corrected chi connectivity index (χ0v) is 7.81. The van der Waals surface area contributed by atoms with Crippen LogP contribution in [0.15, 0.2) is 0 Å². The Labute approximate surface area is 71.7 Å². The van der Waals surface area contributed by atoms with Crippen molar-refractivity contribution in [3.8, 4) is 12.3 Å². The Hall–Kier alpha value is 0.600. The first-order valence-corrected chi connectivity index (χ1v) is 6.05. The fourth-order valence-electron chi connectivity index (χ4n) is 0.832. The predicted octanol–water partition coefficient (Wildman–Crippen LogP) is 2.41. The van der Waals surface area contributed by atoms with E-state index in [-0.39, 0.29) is 0 Å². The lowest BCUT2D eigenvalue weighted by Gasteiger charge is -2.29. The largest absolute Gasteiger partial charge is 0.302 e. The smallest absolute Gasteiger partial charge is 0.0755 e. The van der Waals surface area contributed by atoms with Crippen LogP contribution in [0.3, 0.4) is 0 Å². The van der Waals surface area contributed by atoms with Crippen molar-refractivity contribution in [3.63, 3.8) is 0 Å². The molecule has 0 N–H and O–H groups in total. The van der Waals surface area contributed by atoms with Crippen LogP contribution >= 0.6 is 30.4 Å². The molecule has 0 aromatic carbocycles. The second-order valence-electron chi connectivity index (χ2n) is 2.12. The molecule has 0 aromatic heterocycles. The Morgan fingerprint density at radius 2 is 2.33 bits per heavy atom. The summed E-state index contributed by atoms with van der Waals surface area (Å²) in [4.78, 5) is 0. The fourth-order valence-corrected chi connectivity index (χ4v) is 1.97. The minimum absolute atomic E-state index is 0.424. The van der Waals surface area contributed by atoms with Crippen LogP contribution in [0.2, 0.25) is 0 Å². The van der Waals surface area contributed by atoms with Crippen LogP contribution in [0, 0.1) is 18.3 Å². The van der Waals surface area contributed by atoms with Gasteiger partial charge in [-0.25, -0.2) is 0 Å². The van der Waals surface area contributed by atoms with Crippen LogP contribution in [0.4, 0.5) is 0 Å². The molecule has 0 aromatic rings. The van der Waals surface area contributed by atoms with Gasteiger partial charge in [0.2, 0.25) is 0 Å². The molecule has 0 unspecified atom stereocenters. The molecule has 0 aliphatic heterocycles. The molecule has 0 amide bonds. The highest BCUT2D eigenvalue weighted by atomic mass is 127. The van der Waals surface area contributed by atoms with Gasteiger partial charge < -0.3 is 4.18 Å². The summed E-state index contributed by atoms with van der Waals surface area (Å²) in [6.45, 7) is 0. The van der Waals surface area contributed by atoms with E-state index in [4.69, 9.17) is 10.6 Å². The van der Waals surface area contributed by atoms with Crippen LogP contribution in [0.25, 0.3) is 0 Å². The van der Waals surface area contributed by atoms with Gasteiger partial charge in [-0.2, -0.15) is 0 Å². The minimum Gasteiger partial charge on any atom is -0.302 e. The number of hydrogen-bond donors (Lipinski definition) is 0. The molecule has 3 heteroatoms. The van der Waals surface area contributed by atoms with Gasteiger partial charge in [-0.15, -0.1) is 12.3 Å². The molecule has 1 aliphatic carbocycles. The topological polar surface area (TPSA) is 9.23 Å². The Bertz CT molecular complexity index is 126. The van der Waals surface area contributed by atoms with Gasteiger partial charge in [-0.3, -0.25) is 0 Å². The Morgan fingerprint density at radius 3 is 2.78 bits per heavy atom. The third-order valence-corrected chi connectivity index (χ3v) is 2.47. The second kappa shape index (κ2) is 3.69. The molecule has 0 radical (unpaired) electrons. The van der Waals surface area contributed by atoms with E-state index >= 15 is 0 Å². The molecule has 50 valence electrons.